The number of allylic oxidation sites excluding steroid dienone is 1. The third-order valence-electron chi connectivity index (χ3n) is 2.63. The Bertz CT molecular complexity index is 619. The normalized spacial score (nSPS) is 17.6. The largest absolute Gasteiger partial charge is 0.477 e. The zero-order valence-corrected chi connectivity index (χ0v) is 9.19. The molecule has 2 N–H and O–H groups in total. The van der Waals surface area contributed by atoms with Gasteiger partial charge in [0.05, 0.1) is 5.69 Å². The van der Waals surface area contributed by atoms with Gasteiger partial charge in [-0.3, -0.25) is 4.98 Å². The van der Waals surface area contributed by atoms with Crippen LogP contribution in [-0.4, -0.2) is 30.8 Å². The molecule has 0 aliphatic carbocycles. The van der Waals surface area contributed by atoms with Crippen molar-refractivity contribution in [3.8, 4) is 0 Å². The molecular formula is C11H9N5O2. The molecule has 7 nitrogen and oxygen atoms in total. The van der Waals surface area contributed by atoms with E-state index in [1.54, 1.807) is 23.0 Å². The van der Waals surface area contributed by atoms with Gasteiger partial charge in [0, 0.05) is 6.20 Å². The first-order chi connectivity index (χ1) is 8.75. The van der Waals surface area contributed by atoms with Gasteiger partial charge in [-0.05, 0) is 18.2 Å². The third kappa shape index (κ3) is 1.61. The summed E-state index contributed by atoms with van der Waals surface area (Å²) < 4.78 is 1.59. The van der Waals surface area contributed by atoms with Crippen LogP contribution in [0.2, 0.25) is 0 Å². The number of anilines is 1. The molecule has 0 aromatic carbocycles. The molecule has 90 valence electrons. The van der Waals surface area contributed by atoms with Crippen molar-refractivity contribution in [2.75, 3.05) is 5.32 Å². The van der Waals surface area contributed by atoms with Gasteiger partial charge in [0.2, 0.25) is 5.95 Å². The second kappa shape index (κ2) is 3.95. The van der Waals surface area contributed by atoms with Crippen LogP contribution < -0.4 is 5.32 Å². The molecule has 2 aromatic rings. The number of pyridine rings is 1. The van der Waals surface area contributed by atoms with Crippen LogP contribution in [0.1, 0.15) is 11.7 Å². The van der Waals surface area contributed by atoms with E-state index < -0.39 is 5.97 Å². The van der Waals surface area contributed by atoms with Crippen LogP contribution in [0.15, 0.2) is 42.5 Å². The van der Waals surface area contributed by atoms with Crippen molar-refractivity contribution >= 4 is 11.9 Å². The summed E-state index contributed by atoms with van der Waals surface area (Å²) in [5.74, 6) is -0.643. The van der Waals surface area contributed by atoms with Crippen molar-refractivity contribution in [1.82, 2.24) is 19.7 Å². The van der Waals surface area contributed by atoms with Gasteiger partial charge in [-0.15, -0.1) is 0 Å². The third-order valence-corrected chi connectivity index (χ3v) is 2.63. The molecule has 7 heteroatoms. The highest BCUT2D eigenvalue weighted by atomic mass is 16.4. The number of carboxylic acid groups (broad SMARTS) is 1. The number of fused-ring (bicyclic) bond motifs is 1. The average molecular weight is 243 g/mol. The molecule has 0 saturated heterocycles. The Balaban J connectivity index is 2.10. The molecule has 1 aliphatic rings. The summed E-state index contributed by atoms with van der Waals surface area (Å²) in [6.07, 6.45) is 4.59. The lowest BCUT2D eigenvalue weighted by atomic mass is 10.1. The van der Waals surface area contributed by atoms with Crippen LogP contribution in [0.3, 0.4) is 0 Å². The lowest BCUT2D eigenvalue weighted by Gasteiger charge is -2.21. The molecule has 0 bridgehead atoms. The zero-order valence-electron chi connectivity index (χ0n) is 9.19. The molecule has 1 atom stereocenters. The van der Waals surface area contributed by atoms with Gasteiger partial charge in [0.25, 0.3) is 0 Å². The van der Waals surface area contributed by atoms with E-state index in [2.05, 4.69) is 20.4 Å². The van der Waals surface area contributed by atoms with Crippen molar-refractivity contribution < 1.29 is 9.90 Å². The maximum Gasteiger partial charge on any atom is 0.352 e. The van der Waals surface area contributed by atoms with Gasteiger partial charge < -0.3 is 10.4 Å². The van der Waals surface area contributed by atoms with Crippen LogP contribution in [-0.2, 0) is 4.79 Å². The molecule has 0 radical (unpaired) electrons. The Hall–Kier alpha value is -2.70. The zero-order chi connectivity index (χ0) is 12.5. The van der Waals surface area contributed by atoms with E-state index in [1.165, 1.54) is 6.33 Å². The number of nitrogens with one attached hydrogen (secondary N) is 1. The number of carbonyl (C=O) groups is 1. The fourth-order valence-corrected chi connectivity index (χ4v) is 1.82. The van der Waals surface area contributed by atoms with E-state index in [1.807, 2.05) is 12.1 Å². The first kappa shape index (κ1) is 10.5. The second-order valence-electron chi connectivity index (χ2n) is 3.74. The molecule has 3 heterocycles. The fourth-order valence-electron chi connectivity index (χ4n) is 1.82. The van der Waals surface area contributed by atoms with Crippen LogP contribution in [0.5, 0.6) is 0 Å². The minimum atomic E-state index is -1.04. The summed E-state index contributed by atoms with van der Waals surface area (Å²) in [5.41, 5.74) is 0.788. The fraction of sp³-hybridized carbons (Fsp3) is 0.0909. The quantitative estimate of drug-likeness (QED) is 0.804. The summed E-state index contributed by atoms with van der Waals surface area (Å²) in [5, 5.41) is 15.8. The predicted octanol–water partition coefficient (Wildman–Crippen LogP) is 0.656. The van der Waals surface area contributed by atoms with Crippen molar-refractivity contribution in [2.24, 2.45) is 0 Å². The van der Waals surface area contributed by atoms with Crippen LogP contribution in [0.25, 0.3) is 0 Å². The molecule has 1 unspecified atom stereocenters. The van der Waals surface area contributed by atoms with Gasteiger partial charge in [0.15, 0.2) is 0 Å². The first-order valence-electron chi connectivity index (χ1n) is 5.28. The van der Waals surface area contributed by atoms with Crippen molar-refractivity contribution in [3.05, 3.63) is 48.2 Å². The number of aliphatic carboxylic acids is 1. The molecule has 2 aromatic heterocycles. The number of carboxylic acids is 1. The molecule has 0 amide bonds. The van der Waals surface area contributed by atoms with Gasteiger partial charge in [-0.2, -0.15) is 10.1 Å². The number of aromatic nitrogens is 4. The van der Waals surface area contributed by atoms with E-state index >= 15 is 0 Å². The van der Waals surface area contributed by atoms with E-state index in [-0.39, 0.29) is 11.7 Å². The van der Waals surface area contributed by atoms with Gasteiger partial charge >= 0.3 is 5.97 Å². The standard InChI is InChI=1S/C11H9N5O2/c17-10(18)8-5-9(7-3-1-2-4-12-7)16-11(15-8)13-6-14-16/h1-6,9H,(H,17,18)(H,13,14,15). The van der Waals surface area contributed by atoms with Crippen molar-refractivity contribution in [1.29, 1.82) is 0 Å². The monoisotopic (exact) mass is 243 g/mol. The van der Waals surface area contributed by atoms with E-state index in [0.29, 0.717) is 11.6 Å². The molecule has 1 aliphatic heterocycles. The molecule has 0 spiro atoms. The Morgan fingerprint density at radius 2 is 2.28 bits per heavy atom. The van der Waals surface area contributed by atoms with Crippen LogP contribution in [0.4, 0.5) is 5.95 Å². The number of rotatable bonds is 2. The van der Waals surface area contributed by atoms with Gasteiger partial charge in [0.1, 0.15) is 18.1 Å². The second-order valence-corrected chi connectivity index (χ2v) is 3.74. The molecule has 0 fully saturated rings. The highest BCUT2D eigenvalue weighted by Gasteiger charge is 2.25. The maximum atomic E-state index is 11.1. The predicted molar refractivity (Wildman–Crippen MR) is 61.7 cm³/mol. The van der Waals surface area contributed by atoms with E-state index in [0.717, 1.165) is 0 Å². The highest BCUT2D eigenvalue weighted by molar-refractivity contribution is 5.90. The lowest BCUT2D eigenvalue weighted by molar-refractivity contribution is -0.132. The first-order valence-corrected chi connectivity index (χ1v) is 5.28. The number of hydrogen-bond acceptors (Lipinski definition) is 5. The van der Waals surface area contributed by atoms with Crippen LogP contribution >= 0.6 is 0 Å². The summed E-state index contributed by atoms with van der Waals surface area (Å²) in [4.78, 5) is 19.2. The molecule has 3 rings (SSSR count). The lowest BCUT2D eigenvalue weighted by Crippen LogP contribution is -2.24. The Kier molecular flexibility index (Phi) is 2.30. The summed E-state index contributed by atoms with van der Waals surface area (Å²) in [6.45, 7) is 0. The maximum absolute atomic E-state index is 11.1. The minimum Gasteiger partial charge on any atom is -0.477 e. The van der Waals surface area contributed by atoms with Crippen molar-refractivity contribution in [3.63, 3.8) is 0 Å². The molecular weight excluding hydrogens is 234 g/mol. The summed E-state index contributed by atoms with van der Waals surface area (Å²) in [6, 6.07) is 5.09. The van der Waals surface area contributed by atoms with E-state index in [9.17, 15) is 4.79 Å². The summed E-state index contributed by atoms with van der Waals surface area (Å²) >= 11 is 0. The van der Waals surface area contributed by atoms with Crippen molar-refractivity contribution in [2.45, 2.75) is 6.04 Å². The Morgan fingerprint density at radius 1 is 1.39 bits per heavy atom. The average Bonchev–Trinajstić information content (AvgIpc) is 2.86. The molecule has 18 heavy (non-hydrogen) atoms. The number of hydrogen-bond donors (Lipinski definition) is 2. The topological polar surface area (TPSA) is 92.9 Å². The number of nitrogens with zero attached hydrogens (tertiary/aromatic N) is 4. The minimum absolute atomic E-state index is 0.0751. The van der Waals surface area contributed by atoms with Gasteiger partial charge in [-0.1, -0.05) is 6.07 Å². The Morgan fingerprint density at radius 3 is 3.00 bits per heavy atom. The van der Waals surface area contributed by atoms with Gasteiger partial charge in [-0.25, -0.2) is 9.48 Å². The Labute approximate surface area is 102 Å². The summed E-state index contributed by atoms with van der Waals surface area (Å²) in [7, 11) is 0. The smallest absolute Gasteiger partial charge is 0.352 e. The molecule has 0 saturated carbocycles. The van der Waals surface area contributed by atoms with E-state index in [4.69, 9.17) is 5.11 Å². The highest BCUT2D eigenvalue weighted by Crippen LogP contribution is 2.26. The SMILES string of the molecule is O=C(O)C1=CC(c2ccccn2)n2ncnc2N1. The van der Waals surface area contributed by atoms with Crippen LogP contribution in [0, 0.1) is 0 Å².